The van der Waals surface area contributed by atoms with Crippen LogP contribution in [-0.4, -0.2) is 35.7 Å². The van der Waals surface area contributed by atoms with Crippen LogP contribution in [0.4, 0.5) is 0 Å². The highest BCUT2D eigenvalue weighted by atomic mass is 16.5. The van der Waals surface area contributed by atoms with E-state index >= 15 is 0 Å². The van der Waals surface area contributed by atoms with Crippen molar-refractivity contribution in [1.29, 1.82) is 0 Å². The second kappa shape index (κ2) is 4.20. The van der Waals surface area contributed by atoms with E-state index in [1.165, 1.54) is 0 Å². The fourth-order valence-corrected chi connectivity index (χ4v) is 3.77. The van der Waals surface area contributed by atoms with Gasteiger partial charge in [-0.15, -0.1) is 0 Å². The van der Waals surface area contributed by atoms with Gasteiger partial charge in [0.05, 0.1) is 17.8 Å². The summed E-state index contributed by atoms with van der Waals surface area (Å²) in [4.78, 5) is 24.0. The molecule has 0 radical (unpaired) electrons. The van der Waals surface area contributed by atoms with Gasteiger partial charge in [-0.1, -0.05) is 0 Å². The lowest BCUT2D eigenvalue weighted by Crippen LogP contribution is -2.52. The number of rotatable bonds is 2. The number of hydrogen-bond acceptors (Lipinski definition) is 4. The van der Waals surface area contributed by atoms with E-state index in [4.69, 9.17) is 9.47 Å². The van der Waals surface area contributed by atoms with Gasteiger partial charge in [0.1, 0.15) is 6.04 Å². The molecule has 2 atom stereocenters. The van der Waals surface area contributed by atoms with E-state index in [-0.39, 0.29) is 17.5 Å². The van der Waals surface area contributed by atoms with Crippen LogP contribution in [0, 0.1) is 5.41 Å². The molecule has 5 nitrogen and oxygen atoms in total. The molecule has 2 aliphatic rings. The minimum absolute atomic E-state index is 0.104. The van der Waals surface area contributed by atoms with Gasteiger partial charge in [0.2, 0.25) is 5.91 Å². The second-order valence-electron chi connectivity index (χ2n) is 6.63. The summed E-state index contributed by atoms with van der Waals surface area (Å²) in [5, 5.41) is 2.77. The number of carbonyl (C=O) groups excluding carboxylic acids is 2. The summed E-state index contributed by atoms with van der Waals surface area (Å²) < 4.78 is 11.2. The zero-order chi connectivity index (χ0) is 14.5. The van der Waals surface area contributed by atoms with Crippen molar-refractivity contribution >= 4 is 11.9 Å². The van der Waals surface area contributed by atoms with Crippen molar-refractivity contribution in [1.82, 2.24) is 5.32 Å². The van der Waals surface area contributed by atoms with Crippen LogP contribution in [0.25, 0.3) is 0 Å². The number of esters is 1. The Morgan fingerprint density at radius 3 is 2.53 bits per heavy atom. The number of ether oxygens (including phenoxy) is 2. The molecule has 2 aliphatic heterocycles. The first kappa shape index (κ1) is 14.3. The topological polar surface area (TPSA) is 64.6 Å². The number of nitrogens with one attached hydrogen (secondary N) is 1. The molecule has 2 rings (SSSR count). The van der Waals surface area contributed by atoms with Crippen molar-refractivity contribution in [2.45, 2.75) is 64.7 Å². The molecule has 0 bridgehead atoms. The molecule has 108 valence electrons. The summed E-state index contributed by atoms with van der Waals surface area (Å²) in [5.74, 6) is -0.463. The maximum absolute atomic E-state index is 12.2. The lowest BCUT2D eigenvalue weighted by atomic mass is 9.66. The minimum Gasteiger partial charge on any atom is -0.464 e. The fourth-order valence-electron chi connectivity index (χ4n) is 3.77. The Balaban J connectivity index is 2.39. The van der Waals surface area contributed by atoms with Crippen LogP contribution in [0.1, 0.15) is 47.5 Å². The van der Waals surface area contributed by atoms with E-state index in [1.54, 1.807) is 6.92 Å². The number of amides is 1. The Morgan fingerprint density at radius 2 is 2.05 bits per heavy atom. The predicted molar refractivity (Wildman–Crippen MR) is 69.5 cm³/mol. The van der Waals surface area contributed by atoms with Crippen LogP contribution < -0.4 is 5.32 Å². The highest BCUT2D eigenvalue weighted by Crippen LogP contribution is 2.57. The molecule has 0 aromatic rings. The lowest BCUT2D eigenvalue weighted by molar-refractivity contribution is -0.153. The SMILES string of the molecule is CCOC(=O)C1NC(=O)CC12CC(C)(C)OC2(C)C. The van der Waals surface area contributed by atoms with Crippen molar-refractivity contribution < 1.29 is 19.1 Å². The van der Waals surface area contributed by atoms with E-state index in [2.05, 4.69) is 5.32 Å². The lowest BCUT2D eigenvalue weighted by Gasteiger charge is -2.38. The largest absolute Gasteiger partial charge is 0.464 e. The van der Waals surface area contributed by atoms with Crippen LogP contribution in [0.15, 0.2) is 0 Å². The van der Waals surface area contributed by atoms with E-state index in [9.17, 15) is 9.59 Å². The molecule has 0 aliphatic carbocycles. The van der Waals surface area contributed by atoms with Gasteiger partial charge in [-0.05, 0) is 41.0 Å². The Hall–Kier alpha value is -1.10. The number of carbonyl (C=O) groups is 2. The molecule has 2 saturated heterocycles. The predicted octanol–water partition coefficient (Wildman–Crippen LogP) is 1.40. The zero-order valence-corrected chi connectivity index (χ0v) is 12.3. The standard InChI is InChI=1S/C14H23NO4/c1-6-18-11(17)10-14(7-9(16)15-10)8-12(2,3)19-13(14,4)5/h10H,6-8H2,1-5H3,(H,15,16). The van der Waals surface area contributed by atoms with Crippen LogP contribution in [-0.2, 0) is 19.1 Å². The van der Waals surface area contributed by atoms with Crippen molar-refractivity contribution in [3.63, 3.8) is 0 Å². The van der Waals surface area contributed by atoms with Gasteiger partial charge in [0.25, 0.3) is 0 Å². The Labute approximate surface area is 114 Å². The van der Waals surface area contributed by atoms with Crippen molar-refractivity contribution in [3.8, 4) is 0 Å². The first-order valence-electron chi connectivity index (χ1n) is 6.80. The van der Waals surface area contributed by atoms with Crippen LogP contribution in [0.2, 0.25) is 0 Å². The van der Waals surface area contributed by atoms with Crippen LogP contribution in [0.5, 0.6) is 0 Å². The molecular weight excluding hydrogens is 246 g/mol. The van der Waals surface area contributed by atoms with Gasteiger partial charge in [0.15, 0.2) is 0 Å². The van der Waals surface area contributed by atoms with Crippen LogP contribution in [0.3, 0.4) is 0 Å². The molecule has 0 saturated carbocycles. The van der Waals surface area contributed by atoms with E-state index in [0.29, 0.717) is 19.4 Å². The molecule has 2 unspecified atom stereocenters. The maximum Gasteiger partial charge on any atom is 0.329 e. The van der Waals surface area contributed by atoms with Gasteiger partial charge in [0, 0.05) is 11.8 Å². The first-order valence-corrected chi connectivity index (χ1v) is 6.80. The summed E-state index contributed by atoms with van der Waals surface area (Å²) in [7, 11) is 0. The third-order valence-electron chi connectivity index (χ3n) is 4.33. The van der Waals surface area contributed by atoms with Crippen molar-refractivity contribution in [3.05, 3.63) is 0 Å². The molecule has 0 aromatic heterocycles. The van der Waals surface area contributed by atoms with Crippen LogP contribution >= 0.6 is 0 Å². The third kappa shape index (κ3) is 2.14. The quantitative estimate of drug-likeness (QED) is 0.770. The van der Waals surface area contributed by atoms with Gasteiger partial charge < -0.3 is 14.8 Å². The normalized spacial score (nSPS) is 35.4. The van der Waals surface area contributed by atoms with Gasteiger partial charge in [-0.25, -0.2) is 4.79 Å². The third-order valence-corrected chi connectivity index (χ3v) is 4.33. The first-order chi connectivity index (χ1) is 8.63. The molecule has 5 heteroatoms. The Kier molecular flexibility index (Phi) is 3.16. The zero-order valence-electron chi connectivity index (χ0n) is 12.3. The molecule has 1 amide bonds. The van der Waals surface area contributed by atoms with Crippen molar-refractivity contribution in [2.75, 3.05) is 6.61 Å². The average Bonchev–Trinajstić information content (AvgIpc) is 2.62. The Morgan fingerprint density at radius 1 is 1.42 bits per heavy atom. The fraction of sp³-hybridized carbons (Fsp3) is 0.857. The molecule has 2 heterocycles. The van der Waals surface area contributed by atoms with E-state index in [1.807, 2.05) is 27.7 Å². The van der Waals surface area contributed by atoms with Crippen molar-refractivity contribution in [2.24, 2.45) is 5.41 Å². The summed E-state index contributed by atoms with van der Waals surface area (Å²) in [6, 6.07) is -0.614. The highest BCUT2D eigenvalue weighted by molar-refractivity contribution is 5.90. The number of hydrogen-bond donors (Lipinski definition) is 1. The Bertz CT molecular complexity index is 416. The summed E-state index contributed by atoms with van der Waals surface area (Å²) >= 11 is 0. The maximum atomic E-state index is 12.2. The van der Waals surface area contributed by atoms with Gasteiger partial charge in [-0.3, -0.25) is 4.79 Å². The molecular formula is C14H23NO4. The van der Waals surface area contributed by atoms with E-state index < -0.39 is 17.1 Å². The van der Waals surface area contributed by atoms with Gasteiger partial charge >= 0.3 is 5.97 Å². The van der Waals surface area contributed by atoms with E-state index in [0.717, 1.165) is 0 Å². The highest BCUT2D eigenvalue weighted by Gasteiger charge is 2.66. The second-order valence-corrected chi connectivity index (χ2v) is 6.63. The average molecular weight is 269 g/mol. The van der Waals surface area contributed by atoms with Gasteiger partial charge in [-0.2, -0.15) is 0 Å². The molecule has 19 heavy (non-hydrogen) atoms. The monoisotopic (exact) mass is 269 g/mol. The smallest absolute Gasteiger partial charge is 0.329 e. The summed E-state index contributed by atoms with van der Waals surface area (Å²) in [5.41, 5.74) is -1.42. The summed E-state index contributed by atoms with van der Waals surface area (Å²) in [6.07, 6.45) is 0.974. The molecule has 1 spiro atoms. The minimum atomic E-state index is -0.614. The molecule has 0 aromatic carbocycles. The summed E-state index contributed by atoms with van der Waals surface area (Å²) in [6.45, 7) is 9.97. The molecule has 1 N–H and O–H groups in total. The molecule has 2 fully saturated rings.